The summed E-state index contributed by atoms with van der Waals surface area (Å²) in [5.41, 5.74) is 5.86. The lowest BCUT2D eigenvalue weighted by Crippen LogP contribution is -2.24. The molecule has 0 atom stereocenters. The van der Waals surface area contributed by atoms with Gasteiger partial charge >= 0.3 is 0 Å². The minimum Gasteiger partial charge on any atom is -0.395 e. The van der Waals surface area contributed by atoms with Gasteiger partial charge in [-0.3, -0.25) is 0 Å². The van der Waals surface area contributed by atoms with Crippen molar-refractivity contribution >= 4 is 31.6 Å². The van der Waals surface area contributed by atoms with Crippen molar-refractivity contribution in [2.45, 2.75) is 11.4 Å². The molecule has 2 aromatic rings. The molecule has 4 nitrogen and oxygen atoms in total. The van der Waals surface area contributed by atoms with Crippen molar-refractivity contribution in [1.29, 1.82) is 0 Å². The lowest BCUT2D eigenvalue weighted by molar-refractivity contribution is 0.579. The largest absolute Gasteiger partial charge is 0.395 e. The molecular weight excluding hydrogens is 347 g/mol. The van der Waals surface area contributed by atoms with Gasteiger partial charge < -0.3 is 5.73 Å². The average molecular weight is 359 g/mol. The third-order valence-corrected chi connectivity index (χ3v) is 4.67. The summed E-state index contributed by atoms with van der Waals surface area (Å²) >= 11 is 3.29. The summed E-state index contributed by atoms with van der Waals surface area (Å²) in [5.74, 6) is -0.753. The molecule has 0 radical (unpaired) electrons. The van der Waals surface area contributed by atoms with E-state index in [1.807, 2.05) is 0 Å². The van der Waals surface area contributed by atoms with Crippen LogP contribution >= 0.6 is 15.9 Å². The van der Waals surface area contributed by atoms with Gasteiger partial charge in [0.25, 0.3) is 0 Å². The predicted molar refractivity (Wildman–Crippen MR) is 79.0 cm³/mol. The molecule has 0 heterocycles. The predicted octanol–water partition coefficient (Wildman–Crippen LogP) is 2.65. The zero-order chi connectivity index (χ0) is 14.8. The maximum Gasteiger partial charge on any atom is 0.243 e. The third-order valence-electron chi connectivity index (χ3n) is 2.68. The second kappa shape index (κ2) is 5.90. The van der Waals surface area contributed by atoms with Gasteiger partial charge in [0, 0.05) is 11.0 Å². The first-order valence-corrected chi connectivity index (χ1v) is 7.96. The Balaban J connectivity index is 2.19. The second-order valence-corrected chi connectivity index (χ2v) is 6.75. The highest BCUT2D eigenvalue weighted by molar-refractivity contribution is 9.10. The number of nitrogen functional groups attached to an aromatic ring is 1. The molecule has 0 bridgehead atoms. The van der Waals surface area contributed by atoms with E-state index in [0.717, 1.165) is 16.1 Å². The van der Waals surface area contributed by atoms with E-state index in [1.54, 1.807) is 24.3 Å². The fourth-order valence-corrected chi connectivity index (χ4v) is 3.03. The number of hydrogen-bond acceptors (Lipinski definition) is 3. The highest BCUT2D eigenvalue weighted by Crippen LogP contribution is 2.21. The average Bonchev–Trinajstić information content (AvgIpc) is 2.41. The van der Waals surface area contributed by atoms with Crippen LogP contribution in [0.15, 0.2) is 51.8 Å². The molecule has 0 aliphatic rings. The number of halogens is 2. The van der Waals surface area contributed by atoms with E-state index in [1.165, 1.54) is 12.1 Å². The molecule has 0 amide bonds. The molecule has 0 aliphatic carbocycles. The Bertz CT molecular complexity index is 718. The SMILES string of the molecule is Nc1c(F)cccc1S(=O)(=O)NCc1ccc(Br)cc1. The van der Waals surface area contributed by atoms with Gasteiger partial charge in [0.05, 0.1) is 5.69 Å². The second-order valence-electron chi connectivity index (χ2n) is 4.10. The molecular formula is C13H12BrFN2O2S. The van der Waals surface area contributed by atoms with Crippen LogP contribution in [-0.4, -0.2) is 8.42 Å². The van der Waals surface area contributed by atoms with Gasteiger partial charge in [-0.1, -0.05) is 34.1 Å². The Kier molecular flexibility index (Phi) is 4.42. The number of nitrogens with two attached hydrogens (primary N) is 1. The van der Waals surface area contributed by atoms with E-state index < -0.39 is 15.8 Å². The smallest absolute Gasteiger partial charge is 0.243 e. The molecule has 0 spiro atoms. The lowest BCUT2D eigenvalue weighted by atomic mass is 10.2. The molecule has 0 unspecified atom stereocenters. The van der Waals surface area contributed by atoms with Crippen molar-refractivity contribution in [2.24, 2.45) is 0 Å². The first kappa shape index (κ1) is 15.0. The molecule has 3 N–H and O–H groups in total. The summed E-state index contributed by atoms with van der Waals surface area (Å²) in [6.07, 6.45) is 0. The summed E-state index contributed by atoms with van der Waals surface area (Å²) in [7, 11) is -3.85. The van der Waals surface area contributed by atoms with Gasteiger partial charge in [-0.05, 0) is 29.8 Å². The van der Waals surface area contributed by atoms with E-state index in [2.05, 4.69) is 20.7 Å². The van der Waals surface area contributed by atoms with Crippen molar-refractivity contribution in [3.63, 3.8) is 0 Å². The maximum absolute atomic E-state index is 13.3. The highest BCUT2D eigenvalue weighted by atomic mass is 79.9. The molecule has 2 aromatic carbocycles. The Morgan fingerprint density at radius 3 is 2.45 bits per heavy atom. The van der Waals surface area contributed by atoms with E-state index in [0.29, 0.717) is 0 Å². The normalized spacial score (nSPS) is 11.5. The van der Waals surface area contributed by atoms with Crippen LogP contribution in [0.1, 0.15) is 5.56 Å². The standard InChI is InChI=1S/C13H12BrFN2O2S/c14-10-6-4-9(5-7-10)8-17-20(18,19)12-3-1-2-11(15)13(12)16/h1-7,17H,8,16H2. The van der Waals surface area contributed by atoms with E-state index in [9.17, 15) is 12.8 Å². The van der Waals surface area contributed by atoms with Gasteiger partial charge in [0.15, 0.2) is 0 Å². The highest BCUT2D eigenvalue weighted by Gasteiger charge is 2.18. The summed E-state index contributed by atoms with van der Waals surface area (Å²) in [6.45, 7) is 0.103. The van der Waals surface area contributed by atoms with Crippen LogP contribution in [0.4, 0.5) is 10.1 Å². The van der Waals surface area contributed by atoms with Crippen molar-refractivity contribution in [2.75, 3.05) is 5.73 Å². The fraction of sp³-hybridized carbons (Fsp3) is 0.0769. The van der Waals surface area contributed by atoms with Crippen LogP contribution < -0.4 is 10.5 Å². The summed E-state index contributed by atoms with van der Waals surface area (Å²) in [6, 6.07) is 10.9. The minimum atomic E-state index is -3.85. The van der Waals surface area contributed by atoms with Gasteiger partial charge in [-0.25, -0.2) is 17.5 Å². The molecule has 0 saturated carbocycles. The zero-order valence-corrected chi connectivity index (χ0v) is 12.7. The number of nitrogens with one attached hydrogen (secondary N) is 1. The van der Waals surface area contributed by atoms with E-state index in [4.69, 9.17) is 5.73 Å². The molecule has 2 rings (SSSR count). The van der Waals surface area contributed by atoms with Crippen LogP contribution in [-0.2, 0) is 16.6 Å². The van der Waals surface area contributed by atoms with Crippen LogP contribution in [0.2, 0.25) is 0 Å². The van der Waals surface area contributed by atoms with Crippen molar-refractivity contribution < 1.29 is 12.8 Å². The lowest BCUT2D eigenvalue weighted by Gasteiger charge is -2.09. The zero-order valence-electron chi connectivity index (χ0n) is 10.3. The number of sulfonamides is 1. The van der Waals surface area contributed by atoms with E-state index in [-0.39, 0.29) is 17.1 Å². The summed E-state index contributed by atoms with van der Waals surface area (Å²) < 4.78 is 40.7. The Morgan fingerprint density at radius 1 is 1.15 bits per heavy atom. The van der Waals surface area contributed by atoms with Gasteiger partial charge in [0.1, 0.15) is 10.7 Å². The first-order valence-electron chi connectivity index (χ1n) is 5.68. The number of benzene rings is 2. The number of hydrogen-bond donors (Lipinski definition) is 2. The van der Waals surface area contributed by atoms with Gasteiger partial charge in [-0.15, -0.1) is 0 Å². The topological polar surface area (TPSA) is 72.2 Å². The van der Waals surface area contributed by atoms with E-state index >= 15 is 0 Å². The van der Waals surface area contributed by atoms with Gasteiger partial charge in [0.2, 0.25) is 10.0 Å². The van der Waals surface area contributed by atoms with Crippen LogP contribution in [0.25, 0.3) is 0 Å². The minimum absolute atomic E-state index is 0.103. The molecule has 106 valence electrons. The first-order chi connectivity index (χ1) is 9.40. The fourth-order valence-electron chi connectivity index (χ4n) is 1.61. The Hall–Kier alpha value is -1.44. The van der Waals surface area contributed by atoms with Crippen molar-refractivity contribution in [3.05, 3.63) is 58.3 Å². The molecule has 7 heteroatoms. The molecule has 0 saturated heterocycles. The number of rotatable bonds is 4. The van der Waals surface area contributed by atoms with Crippen LogP contribution in [0, 0.1) is 5.82 Å². The molecule has 0 aromatic heterocycles. The van der Waals surface area contributed by atoms with Crippen LogP contribution in [0.5, 0.6) is 0 Å². The third kappa shape index (κ3) is 3.36. The van der Waals surface area contributed by atoms with Gasteiger partial charge in [-0.2, -0.15) is 0 Å². The maximum atomic E-state index is 13.3. The number of anilines is 1. The monoisotopic (exact) mass is 358 g/mol. The molecule has 20 heavy (non-hydrogen) atoms. The molecule has 0 fully saturated rings. The Morgan fingerprint density at radius 2 is 1.80 bits per heavy atom. The molecule has 0 aliphatic heterocycles. The summed E-state index contributed by atoms with van der Waals surface area (Å²) in [5, 5.41) is 0. The van der Waals surface area contributed by atoms with Crippen molar-refractivity contribution in [1.82, 2.24) is 4.72 Å². The van der Waals surface area contributed by atoms with Crippen LogP contribution in [0.3, 0.4) is 0 Å². The summed E-state index contributed by atoms with van der Waals surface area (Å²) in [4.78, 5) is -0.255. The quantitative estimate of drug-likeness (QED) is 0.825. The van der Waals surface area contributed by atoms with Crippen molar-refractivity contribution in [3.8, 4) is 0 Å². The number of para-hydroxylation sites is 1. The Labute approximate surface area is 125 Å².